The summed E-state index contributed by atoms with van der Waals surface area (Å²) in [6.45, 7) is 2.05. The van der Waals surface area contributed by atoms with Gasteiger partial charge >= 0.3 is 0 Å². The van der Waals surface area contributed by atoms with Gasteiger partial charge in [0.2, 0.25) is 5.91 Å². The molecule has 8 nitrogen and oxygen atoms in total. The molecule has 0 aliphatic heterocycles. The largest absolute Gasteiger partial charge is 0.497 e. The van der Waals surface area contributed by atoms with Gasteiger partial charge in [0.1, 0.15) is 17.4 Å². The van der Waals surface area contributed by atoms with E-state index in [0.29, 0.717) is 23.7 Å². The Labute approximate surface area is 163 Å². The summed E-state index contributed by atoms with van der Waals surface area (Å²) in [4.78, 5) is 13.1. The van der Waals surface area contributed by atoms with Crippen LogP contribution in [0.1, 0.15) is 29.8 Å². The third-order valence-corrected chi connectivity index (χ3v) is 4.56. The number of carbonyl (C=O) groups excluding carboxylic acids is 1. The van der Waals surface area contributed by atoms with E-state index in [1.807, 2.05) is 43.3 Å². The first-order valence-electron chi connectivity index (χ1n) is 8.99. The first kappa shape index (κ1) is 19.3. The highest BCUT2D eigenvalue weighted by molar-refractivity contribution is 5.96. The predicted octanol–water partition coefficient (Wildman–Crippen LogP) is 2.74. The van der Waals surface area contributed by atoms with Crippen molar-refractivity contribution >= 4 is 11.6 Å². The number of methoxy groups -OCH3 is 2. The molecule has 0 radical (unpaired) electrons. The van der Waals surface area contributed by atoms with Crippen molar-refractivity contribution < 1.29 is 14.3 Å². The number of carbonyl (C=O) groups is 1. The van der Waals surface area contributed by atoms with E-state index in [1.54, 1.807) is 20.3 Å². The Hall–Kier alpha value is -3.42. The monoisotopic (exact) mass is 381 g/mol. The molecule has 1 amide bonds. The number of benzene rings is 2. The number of hydrogen-bond donors (Lipinski definition) is 2. The van der Waals surface area contributed by atoms with E-state index in [0.717, 1.165) is 23.2 Å². The summed E-state index contributed by atoms with van der Waals surface area (Å²) >= 11 is 0. The molecule has 0 spiro atoms. The normalized spacial score (nSPS) is 11.7. The molecular formula is C20H23N5O3. The number of tetrazole rings is 1. The number of aryl methyl sites for hydroxylation is 1. The van der Waals surface area contributed by atoms with Crippen LogP contribution in [0.2, 0.25) is 0 Å². The van der Waals surface area contributed by atoms with Crippen LogP contribution in [-0.4, -0.2) is 40.8 Å². The second-order valence-electron chi connectivity index (χ2n) is 6.20. The van der Waals surface area contributed by atoms with Crippen LogP contribution < -0.4 is 14.8 Å². The third kappa shape index (κ3) is 4.28. The standard InChI is InChI=1S/C20H23N5O3/c1-4-13-7-5-6-8-17(13)21-20(26)16(19-22-24-25-23-19)11-14-9-10-15(27-2)12-18(14)28-3/h5-10,12,16H,4,11H2,1-3H3,(H,21,26)(H,22,23,24,25). The molecule has 1 atom stereocenters. The molecule has 3 aromatic rings. The maximum atomic E-state index is 13.1. The number of aromatic amines is 1. The quantitative estimate of drug-likeness (QED) is 0.622. The first-order chi connectivity index (χ1) is 13.7. The zero-order valence-corrected chi connectivity index (χ0v) is 16.1. The summed E-state index contributed by atoms with van der Waals surface area (Å²) in [5, 5.41) is 17.1. The average molecular weight is 381 g/mol. The molecule has 2 N–H and O–H groups in total. The Morgan fingerprint density at radius 3 is 2.64 bits per heavy atom. The molecule has 2 aromatic carbocycles. The first-order valence-corrected chi connectivity index (χ1v) is 8.99. The number of anilines is 1. The number of para-hydroxylation sites is 1. The van der Waals surface area contributed by atoms with Gasteiger partial charge in [-0.2, -0.15) is 5.21 Å². The summed E-state index contributed by atoms with van der Waals surface area (Å²) in [5.41, 5.74) is 2.69. The SMILES string of the molecule is CCc1ccccc1NC(=O)C(Cc1ccc(OC)cc1OC)c1nn[nH]n1. The zero-order valence-electron chi connectivity index (χ0n) is 16.1. The lowest BCUT2D eigenvalue weighted by atomic mass is 9.96. The second-order valence-corrected chi connectivity index (χ2v) is 6.20. The number of H-pyrrole nitrogens is 1. The topological polar surface area (TPSA) is 102 Å². The van der Waals surface area contributed by atoms with Gasteiger partial charge in [0, 0.05) is 11.8 Å². The minimum atomic E-state index is -0.633. The number of nitrogens with zero attached hydrogens (tertiary/aromatic N) is 3. The molecule has 1 heterocycles. The summed E-state index contributed by atoms with van der Waals surface area (Å²) in [7, 11) is 3.17. The van der Waals surface area contributed by atoms with Gasteiger partial charge < -0.3 is 14.8 Å². The van der Waals surface area contributed by atoms with E-state index in [2.05, 4.69) is 25.9 Å². The molecule has 1 aromatic heterocycles. The second kappa shape index (κ2) is 8.98. The lowest BCUT2D eigenvalue weighted by Gasteiger charge is -2.17. The molecule has 146 valence electrons. The summed E-state index contributed by atoms with van der Waals surface area (Å²) in [6, 6.07) is 13.2. The fourth-order valence-electron chi connectivity index (χ4n) is 3.03. The van der Waals surface area contributed by atoms with Gasteiger partial charge in [-0.1, -0.05) is 36.4 Å². The van der Waals surface area contributed by atoms with E-state index in [1.165, 1.54) is 0 Å². The maximum absolute atomic E-state index is 13.1. The molecule has 1 unspecified atom stereocenters. The van der Waals surface area contributed by atoms with Gasteiger partial charge in [-0.3, -0.25) is 4.79 Å². The van der Waals surface area contributed by atoms with Crippen molar-refractivity contribution in [2.75, 3.05) is 19.5 Å². The zero-order chi connectivity index (χ0) is 19.9. The number of amides is 1. The van der Waals surface area contributed by atoms with Crippen LogP contribution in [0.25, 0.3) is 0 Å². The van der Waals surface area contributed by atoms with Crippen molar-refractivity contribution in [3.05, 3.63) is 59.4 Å². The molecular weight excluding hydrogens is 358 g/mol. The van der Waals surface area contributed by atoms with Crippen molar-refractivity contribution in [3.8, 4) is 11.5 Å². The van der Waals surface area contributed by atoms with E-state index in [9.17, 15) is 4.79 Å². The van der Waals surface area contributed by atoms with Gasteiger partial charge in [-0.15, -0.1) is 10.2 Å². The maximum Gasteiger partial charge on any atom is 0.235 e. The number of hydrogen-bond acceptors (Lipinski definition) is 6. The van der Waals surface area contributed by atoms with E-state index >= 15 is 0 Å². The smallest absolute Gasteiger partial charge is 0.235 e. The minimum absolute atomic E-state index is 0.208. The summed E-state index contributed by atoms with van der Waals surface area (Å²) in [6.07, 6.45) is 1.17. The van der Waals surface area contributed by atoms with Gasteiger partial charge in [-0.25, -0.2) is 0 Å². The lowest BCUT2D eigenvalue weighted by Crippen LogP contribution is -2.25. The third-order valence-electron chi connectivity index (χ3n) is 4.56. The van der Waals surface area contributed by atoms with E-state index < -0.39 is 5.92 Å². The Balaban J connectivity index is 1.89. The van der Waals surface area contributed by atoms with Gasteiger partial charge in [0.25, 0.3) is 0 Å². The van der Waals surface area contributed by atoms with Crippen molar-refractivity contribution in [3.63, 3.8) is 0 Å². The molecule has 0 fully saturated rings. The molecule has 0 saturated heterocycles. The number of aromatic nitrogens is 4. The Morgan fingerprint density at radius 1 is 1.14 bits per heavy atom. The van der Waals surface area contributed by atoms with Crippen LogP contribution in [0.4, 0.5) is 5.69 Å². The van der Waals surface area contributed by atoms with Crippen LogP contribution in [0.15, 0.2) is 42.5 Å². The molecule has 0 aliphatic carbocycles. The molecule has 0 saturated carbocycles. The fraction of sp³-hybridized carbons (Fsp3) is 0.300. The molecule has 0 bridgehead atoms. The average Bonchev–Trinajstić information content (AvgIpc) is 3.26. The number of ether oxygens (including phenoxy) is 2. The molecule has 0 aliphatic rings. The van der Waals surface area contributed by atoms with Crippen molar-refractivity contribution in [1.82, 2.24) is 20.6 Å². The minimum Gasteiger partial charge on any atom is -0.497 e. The van der Waals surface area contributed by atoms with Crippen molar-refractivity contribution in [1.29, 1.82) is 0 Å². The van der Waals surface area contributed by atoms with E-state index in [-0.39, 0.29) is 5.91 Å². The van der Waals surface area contributed by atoms with Crippen molar-refractivity contribution in [2.45, 2.75) is 25.7 Å². The van der Waals surface area contributed by atoms with Crippen LogP contribution >= 0.6 is 0 Å². The Morgan fingerprint density at radius 2 is 1.96 bits per heavy atom. The molecule has 8 heteroatoms. The van der Waals surface area contributed by atoms with Crippen LogP contribution in [-0.2, 0) is 17.6 Å². The Kier molecular flexibility index (Phi) is 6.21. The molecule has 28 heavy (non-hydrogen) atoms. The van der Waals surface area contributed by atoms with Crippen LogP contribution in [0, 0.1) is 0 Å². The summed E-state index contributed by atoms with van der Waals surface area (Å²) in [5.74, 6) is 0.795. The number of nitrogens with one attached hydrogen (secondary N) is 2. The fourth-order valence-corrected chi connectivity index (χ4v) is 3.03. The Bertz CT molecular complexity index is 927. The van der Waals surface area contributed by atoms with Crippen molar-refractivity contribution in [2.24, 2.45) is 0 Å². The lowest BCUT2D eigenvalue weighted by molar-refractivity contribution is -0.117. The summed E-state index contributed by atoms with van der Waals surface area (Å²) < 4.78 is 10.7. The molecule has 3 rings (SSSR count). The van der Waals surface area contributed by atoms with Gasteiger partial charge in [0.15, 0.2) is 5.82 Å². The van der Waals surface area contributed by atoms with Crippen LogP contribution in [0.3, 0.4) is 0 Å². The predicted molar refractivity (Wildman–Crippen MR) is 105 cm³/mol. The van der Waals surface area contributed by atoms with Gasteiger partial charge in [0.05, 0.1) is 14.2 Å². The highest BCUT2D eigenvalue weighted by Crippen LogP contribution is 2.30. The number of rotatable bonds is 8. The highest BCUT2D eigenvalue weighted by atomic mass is 16.5. The highest BCUT2D eigenvalue weighted by Gasteiger charge is 2.27. The van der Waals surface area contributed by atoms with E-state index in [4.69, 9.17) is 9.47 Å². The van der Waals surface area contributed by atoms with Gasteiger partial charge in [-0.05, 0) is 36.1 Å². The van der Waals surface area contributed by atoms with Crippen LogP contribution in [0.5, 0.6) is 11.5 Å².